The second kappa shape index (κ2) is 8.55. The number of halogens is 4. The second-order valence-corrected chi connectivity index (χ2v) is 3.88. The summed E-state index contributed by atoms with van der Waals surface area (Å²) < 4.78 is 46.6. The Morgan fingerprint density at radius 3 is 1.95 bits per heavy atom. The molecule has 0 unspecified atom stereocenters. The molecule has 0 N–H and O–H groups in total. The Labute approximate surface area is 110 Å². The molecule has 1 aromatic carbocycles. The molecule has 0 saturated heterocycles. The molecular formula is C12H18BF4NO. The van der Waals surface area contributed by atoms with Gasteiger partial charge in [-0.2, -0.15) is 0 Å². The zero-order valence-electron chi connectivity index (χ0n) is 11.2. The summed E-state index contributed by atoms with van der Waals surface area (Å²) in [5.41, 5.74) is 1.28. The third kappa shape index (κ3) is 11.3. The van der Waals surface area contributed by atoms with Crippen LogP contribution in [-0.2, 0) is 11.2 Å². The minimum Gasteiger partial charge on any atom is -0.448 e. The van der Waals surface area contributed by atoms with Crippen LogP contribution in [0.25, 0.3) is 0 Å². The predicted octanol–water partition coefficient (Wildman–Crippen LogP) is 3.24. The fraction of sp³-hybridized carbons (Fsp3) is 0.417. The normalized spacial score (nSPS) is 10.3. The zero-order chi connectivity index (χ0) is 14.9. The van der Waals surface area contributed by atoms with E-state index in [1.165, 1.54) is 5.56 Å². The lowest BCUT2D eigenvalue weighted by Gasteiger charge is -2.04. The highest BCUT2D eigenvalue weighted by atomic mass is 19.5. The van der Waals surface area contributed by atoms with Crippen LogP contribution in [0.15, 0.2) is 30.3 Å². The van der Waals surface area contributed by atoms with Crippen LogP contribution < -0.4 is 0 Å². The molecule has 1 aromatic rings. The molecular weight excluding hydrogens is 261 g/mol. The van der Waals surface area contributed by atoms with Crippen molar-refractivity contribution in [3.05, 3.63) is 35.9 Å². The van der Waals surface area contributed by atoms with E-state index in [2.05, 4.69) is 24.3 Å². The van der Waals surface area contributed by atoms with E-state index < -0.39 is 7.25 Å². The number of hydrogen-bond acceptors (Lipinski definition) is 1. The SMILES string of the molecule is CCOC(Cc1ccccc1)=[N+](C)C.F[B-](F)(F)F. The van der Waals surface area contributed by atoms with Gasteiger partial charge in [0.05, 0.1) is 13.0 Å². The summed E-state index contributed by atoms with van der Waals surface area (Å²) in [7, 11) is -1.98. The molecule has 2 nitrogen and oxygen atoms in total. The van der Waals surface area contributed by atoms with E-state index in [4.69, 9.17) is 4.74 Å². The molecule has 108 valence electrons. The van der Waals surface area contributed by atoms with Crippen molar-refractivity contribution in [1.82, 2.24) is 0 Å². The summed E-state index contributed by atoms with van der Waals surface area (Å²) in [6, 6.07) is 10.4. The van der Waals surface area contributed by atoms with Gasteiger partial charge in [0.1, 0.15) is 14.1 Å². The Kier molecular flexibility index (Phi) is 7.87. The van der Waals surface area contributed by atoms with E-state index in [0.29, 0.717) is 0 Å². The maximum Gasteiger partial charge on any atom is 0.673 e. The van der Waals surface area contributed by atoms with Crippen molar-refractivity contribution >= 4 is 13.2 Å². The predicted molar refractivity (Wildman–Crippen MR) is 69.1 cm³/mol. The molecule has 0 aliphatic carbocycles. The van der Waals surface area contributed by atoms with E-state index in [1.54, 1.807) is 0 Å². The van der Waals surface area contributed by atoms with Gasteiger partial charge in [-0.05, 0) is 12.5 Å². The number of nitrogens with zero attached hydrogens (tertiary/aromatic N) is 1. The van der Waals surface area contributed by atoms with Gasteiger partial charge in [0.15, 0.2) is 0 Å². The van der Waals surface area contributed by atoms with Gasteiger partial charge < -0.3 is 22.0 Å². The molecule has 1 rings (SSSR count). The van der Waals surface area contributed by atoms with Crippen molar-refractivity contribution in [3.63, 3.8) is 0 Å². The van der Waals surface area contributed by atoms with Gasteiger partial charge in [0.25, 0.3) is 0 Å². The van der Waals surface area contributed by atoms with Crippen molar-refractivity contribution in [3.8, 4) is 0 Å². The number of ether oxygens (including phenoxy) is 1. The summed E-state index contributed by atoms with van der Waals surface area (Å²) >= 11 is 0. The van der Waals surface area contributed by atoms with Gasteiger partial charge in [-0.1, -0.05) is 30.3 Å². The molecule has 7 heteroatoms. The Morgan fingerprint density at radius 2 is 1.58 bits per heavy atom. The lowest BCUT2D eigenvalue weighted by molar-refractivity contribution is -0.475. The molecule has 0 radical (unpaired) electrons. The van der Waals surface area contributed by atoms with Gasteiger partial charge in [0, 0.05) is 0 Å². The summed E-state index contributed by atoms with van der Waals surface area (Å²) in [5, 5.41) is 0. The number of rotatable bonds is 3. The third-order valence-corrected chi connectivity index (χ3v) is 2.01. The van der Waals surface area contributed by atoms with Gasteiger partial charge in [-0.3, -0.25) is 0 Å². The number of benzene rings is 1. The summed E-state index contributed by atoms with van der Waals surface area (Å²) in [6.07, 6.45) is 0.863. The quantitative estimate of drug-likeness (QED) is 0.272. The third-order valence-electron chi connectivity index (χ3n) is 2.01. The molecule has 0 spiro atoms. The Balaban J connectivity index is 0.000000555. The van der Waals surface area contributed by atoms with Crippen LogP contribution in [0.5, 0.6) is 0 Å². The first-order valence-electron chi connectivity index (χ1n) is 5.81. The standard InChI is InChI=1S/C12H18NO.BF4/c1-4-14-12(13(2)3)10-11-8-6-5-7-9-11;2-1(3,4)5/h5-9H,4,10H2,1-3H3;/q+1;-1. The van der Waals surface area contributed by atoms with Crippen LogP contribution in [0.4, 0.5) is 17.3 Å². The van der Waals surface area contributed by atoms with Crippen molar-refractivity contribution in [2.45, 2.75) is 13.3 Å². The second-order valence-electron chi connectivity index (χ2n) is 3.88. The average molecular weight is 279 g/mol. The first-order valence-corrected chi connectivity index (χ1v) is 5.81. The lowest BCUT2D eigenvalue weighted by atomic mass is 10.1. The summed E-state index contributed by atoms with van der Waals surface area (Å²) in [5.74, 6) is 1.01. The van der Waals surface area contributed by atoms with Gasteiger partial charge in [0.2, 0.25) is 0 Å². The van der Waals surface area contributed by atoms with Crippen molar-refractivity contribution in [2.24, 2.45) is 0 Å². The maximum absolute atomic E-state index is 9.75. The Hall–Kier alpha value is -1.53. The topological polar surface area (TPSA) is 12.2 Å². The van der Waals surface area contributed by atoms with Crippen molar-refractivity contribution in [2.75, 3.05) is 20.7 Å². The van der Waals surface area contributed by atoms with Crippen molar-refractivity contribution in [1.29, 1.82) is 0 Å². The van der Waals surface area contributed by atoms with E-state index in [-0.39, 0.29) is 0 Å². The Bertz CT molecular complexity index is 382. The molecule has 0 aliphatic rings. The van der Waals surface area contributed by atoms with Crippen LogP contribution in [0, 0.1) is 0 Å². The molecule has 0 amide bonds. The molecule has 0 atom stereocenters. The molecule has 0 bridgehead atoms. The summed E-state index contributed by atoms with van der Waals surface area (Å²) in [6.45, 7) is 2.73. The highest BCUT2D eigenvalue weighted by Gasteiger charge is 2.20. The smallest absolute Gasteiger partial charge is 0.448 e. The Morgan fingerprint density at radius 1 is 1.11 bits per heavy atom. The zero-order valence-corrected chi connectivity index (χ0v) is 11.2. The molecule has 19 heavy (non-hydrogen) atoms. The molecule has 0 aromatic heterocycles. The van der Waals surface area contributed by atoms with Crippen LogP contribution >= 0.6 is 0 Å². The fourth-order valence-corrected chi connectivity index (χ4v) is 1.28. The summed E-state index contributed by atoms with van der Waals surface area (Å²) in [4.78, 5) is 0. The van der Waals surface area contributed by atoms with Crippen LogP contribution in [0.3, 0.4) is 0 Å². The molecule has 0 heterocycles. The highest BCUT2D eigenvalue weighted by Crippen LogP contribution is 2.06. The first-order chi connectivity index (χ1) is 8.74. The monoisotopic (exact) mass is 279 g/mol. The van der Waals surface area contributed by atoms with Gasteiger partial charge in [-0.15, -0.1) is 0 Å². The van der Waals surface area contributed by atoms with Crippen molar-refractivity contribution < 1.29 is 26.6 Å². The molecule has 0 aliphatic heterocycles. The molecule has 0 saturated carbocycles. The van der Waals surface area contributed by atoms with Crippen LogP contribution in [0.1, 0.15) is 12.5 Å². The van der Waals surface area contributed by atoms with E-state index in [9.17, 15) is 17.3 Å². The van der Waals surface area contributed by atoms with Crippen LogP contribution in [-0.4, -0.2) is 38.4 Å². The largest absolute Gasteiger partial charge is 0.673 e. The van der Waals surface area contributed by atoms with Gasteiger partial charge in [-0.25, -0.2) is 4.58 Å². The fourth-order valence-electron chi connectivity index (χ4n) is 1.28. The van der Waals surface area contributed by atoms with Crippen LogP contribution in [0.2, 0.25) is 0 Å². The van der Waals surface area contributed by atoms with Gasteiger partial charge >= 0.3 is 13.2 Å². The van der Waals surface area contributed by atoms with E-state index in [0.717, 1.165) is 18.9 Å². The molecule has 0 fully saturated rings. The minimum absolute atomic E-state index is 0.723. The number of hydrogen-bond donors (Lipinski definition) is 0. The average Bonchev–Trinajstić information content (AvgIpc) is 2.27. The lowest BCUT2D eigenvalue weighted by Crippen LogP contribution is -2.19. The first kappa shape index (κ1) is 17.5. The van der Waals surface area contributed by atoms with E-state index >= 15 is 0 Å². The maximum atomic E-state index is 9.75. The minimum atomic E-state index is -6.00. The highest BCUT2D eigenvalue weighted by molar-refractivity contribution is 6.50. The van der Waals surface area contributed by atoms with E-state index in [1.807, 2.05) is 31.7 Å².